The van der Waals surface area contributed by atoms with Crippen molar-refractivity contribution in [3.63, 3.8) is 0 Å². The molecule has 3 aromatic rings. The molecule has 1 unspecified atom stereocenters. The topological polar surface area (TPSA) is 41.1 Å². The Morgan fingerprint density at radius 1 is 0.852 bits per heavy atom. The van der Waals surface area contributed by atoms with Gasteiger partial charge in [-0.3, -0.25) is 4.21 Å². The second-order valence-electron chi connectivity index (χ2n) is 5.81. The maximum Gasteiger partial charge on any atom is 0.174 e. The summed E-state index contributed by atoms with van der Waals surface area (Å²) in [5, 5.41) is 6.63. The van der Waals surface area contributed by atoms with Gasteiger partial charge >= 0.3 is 0 Å². The Balaban J connectivity index is 1.76. The Kier molecular flexibility index (Phi) is 6.90. The fraction of sp³-hybridized carbons (Fsp3) is 0.0455. The quantitative estimate of drug-likeness (QED) is 0.584. The molecule has 136 valence electrons. The van der Waals surface area contributed by atoms with Crippen molar-refractivity contribution in [3.05, 3.63) is 108 Å². The molecule has 0 heterocycles. The molecule has 0 bridgehead atoms. The Labute approximate surface area is 167 Å². The first-order chi connectivity index (χ1) is 13.2. The fourth-order valence-corrected chi connectivity index (χ4v) is 3.92. The van der Waals surface area contributed by atoms with Gasteiger partial charge in [0.2, 0.25) is 0 Å². The van der Waals surface area contributed by atoms with Crippen LogP contribution in [0.3, 0.4) is 0 Å². The molecule has 0 aliphatic rings. The number of para-hydroxylation sites is 1. The minimum absolute atomic E-state index is 0.447. The molecule has 3 aromatic carbocycles. The smallest absolute Gasteiger partial charge is 0.174 e. The summed E-state index contributed by atoms with van der Waals surface area (Å²) in [5.41, 5.74) is 2.83. The van der Waals surface area contributed by atoms with Gasteiger partial charge in [0.1, 0.15) is 0 Å². The first kappa shape index (κ1) is 19.0. The minimum Gasteiger partial charge on any atom is -0.338 e. The summed E-state index contributed by atoms with van der Waals surface area (Å²) in [4.78, 5) is 0.705. The highest BCUT2D eigenvalue weighted by Gasteiger charge is 2.11. The zero-order valence-corrected chi connectivity index (χ0v) is 16.3. The van der Waals surface area contributed by atoms with E-state index in [9.17, 15) is 4.21 Å². The van der Waals surface area contributed by atoms with Gasteiger partial charge in [-0.1, -0.05) is 78.9 Å². The molecule has 3 nitrogen and oxygen atoms in total. The van der Waals surface area contributed by atoms with Crippen molar-refractivity contribution in [2.24, 2.45) is 0 Å². The van der Waals surface area contributed by atoms with Crippen LogP contribution in [0, 0.1) is 0 Å². The lowest BCUT2D eigenvalue weighted by molar-refractivity contribution is 0.688. The van der Waals surface area contributed by atoms with E-state index in [0.717, 1.165) is 16.8 Å². The van der Waals surface area contributed by atoms with Crippen molar-refractivity contribution in [2.75, 3.05) is 5.32 Å². The Hall–Kier alpha value is -2.76. The minimum atomic E-state index is -1.21. The fourth-order valence-electron chi connectivity index (χ4n) is 2.51. The Morgan fingerprint density at radius 3 is 2.04 bits per heavy atom. The molecule has 2 N–H and O–H groups in total. The Morgan fingerprint density at radius 2 is 1.41 bits per heavy atom. The number of benzene rings is 3. The van der Waals surface area contributed by atoms with Gasteiger partial charge < -0.3 is 10.6 Å². The van der Waals surface area contributed by atoms with E-state index in [0.29, 0.717) is 15.8 Å². The van der Waals surface area contributed by atoms with Gasteiger partial charge in [-0.05, 0) is 35.5 Å². The van der Waals surface area contributed by atoms with Gasteiger partial charge in [0.25, 0.3) is 0 Å². The third-order valence-corrected chi connectivity index (χ3v) is 5.47. The molecule has 0 radical (unpaired) electrons. The van der Waals surface area contributed by atoms with Crippen LogP contribution in [-0.4, -0.2) is 9.32 Å². The maximum absolute atomic E-state index is 13.0. The average molecular weight is 393 g/mol. The van der Waals surface area contributed by atoms with Gasteiger partial charge in [-0.15, -0.1) is 0 Å². The monoisotopic (exact) mass is 392 g/mol. The lowest BCUT2D eigenvalue weighted by Gasteiger charge is -2.11. The number of hydrogen-bond acceptors (Lipinski definition) is 2. The largest absolute Gasteiger partial charge is 0.338 e. The molecular formula is C22H20N2OS2. The SMILES string of the molecule is O=S(Cc1ccccc1)/C(=C/NC(=S)Nc1ccccc1)c1ccccc1. The van der Waals surface area contributed by atoms with Crippen LogP contribution in [0.5, 0.6) is 0 Å². The summed E-state index contributed by atoms with van der Waals surface area (Å²) >= 11 is 5.35. The molecule has 3 rings (SSSR count). The van der Waals surface area contributed by atoms with E-state index in [1.54, 1.807) is 6.20 Å². The van der Waals surface area contributed by atoms with E-state index in [2.05, 4.69) is 10.6 Å². The summed E-state index contributed by atoms with van der Waals surface area (Å²) in [7, 11) is -1.21. The molecule has 0 amide bonds. The van der Waals surface area contributed by atoms with Crippen LogP contribution < -0.4 is 10.6 Å². The van der Waals surface area contributed by atoms with Crippen LogP contribution in [0.25, 0.3) is 4.91 Å². The third-order valence-electron chi connectivity index (χ3n) is 3.81. The maximum atomic E-state index is 13.0. The summed E-state index contributed by atoms with van der Waals surface area (Å²) < 4.78 is 13.0. The van der Waals surface area contributed by atoms with E-state index in [-0.39, 0.29) is 0 Å². The molecule has 1 atom stereocenters. The summed E-state index contributed by atoms with van der Waals surface area (Å²) in [6, 6.07) is 29.2. The van der Waals surface area contributed by atoms with Crippen molar-refractivity contribution >= 4 is 38.7 Å². The number of hydrogen-bond donors (Lipinski definition) is 2. The summed E-state index contributed by atoms with van der Waals surface area (Å²) in [5.74, 6) is 0.447. The zero-order chi connectivity index (χ0) is 18.9. The highest BCUT2D eigenvalue weighted by Crippen LogP contribution is 2.20. The average Bonchev–Trinajstić information content (AvgIpc) is 2.70. The first-order valence-electron chi connectivity index (χ1n) is 8.53. The molecule has 0 aromatic heterocycles. The highest BCUT2D eigenvalue weighted by molar-refractivity contribution is 7.93. The van der Waals surface area contributed by atoms with Crippen LogP contribution >= 0.6 is 12.2 Å². The lowest BCUT2D eigenvalue weighted by Crippen LogP contribution is -2.24. The van der Waals surface area contributed by atoms with Crippen molar-refractivity contribution in [3.8, 4) is 0 Å². The van der Waals surface area contributed by atoms with E-state index in [1.807, 2.05) is 91.0 Å². The molecule has 0 aliphatic carbocycles. The number of rotatable bonds is 6. The molecule has 0 aliphatic heterocycles. The van der Waals surface area contributed by atoms with Crippen molar-refractivity contribution in [1.82, 2.24) is 5.32 Å². The second kappa shape index (κ2) is 9.80. The van der Waals surface area contributed by atoms with E-state index < -0.39 is 10.8 Å². The number of nitrogens with one attached hydrogen (secondary N) is 2. The molecule has 0 spiro atoms. The van der Waals surface area contributed by atoms with Gasteiger partial charge in [0.15, 0.2) is 5.11 Å². The highest BCUT2D eigenvalue weighted by atomic mass is 32.2. The summed E-state index contributed by atoms with van der Waals surface area (Å²) in [6.07, 6.45) is 1.73. The van der Waals surface area contributed by atoms with Crippen LogP contribution in [0.4, 0.5) is 5.69 Å². The van der Waals surface area contributed by atoms with Gasteiger partial charge in [0.05, 0.1) is 21.5 Å². The van der Waals surface area contributed by atoms with E-state index >= 15 is 0 Å². The van der Waals surface area contributed by atoms with Gasteiger partial charge in [-0.25, -0.2) is 0 Å². The van der Waals surface area contributed by atoms with Crippen LogP contribution in [0.1, 0.15) is 11.1 Å². The number of anilines is 1. The third kappa shape index (κ3) is 5.88. The second-order valence-corrected chi connectivity index (χ2v) is 7.64. The molecule has 5 heteroatoms. The van der Waals surface area contributed by atoms with Crippen LogP contribution in [-0.2, 0) is 16.6 Å². The molecule has 0 fully saturated rings. The normalized spacial score (nSPS) is 12.2. The van der Waals surface area contributed by atoms with Crippen LogP contribution in [0.2, 0.25) is 0 Å². The Bertz CT molecular complexity index is 926. The molecule has 0 saturated carbocycles. The molecule has 27 heavy (non-hydrogen) atoms. The molecule has 0 saturated heterocycles. The van der Waals surface area contributed by atoms with E-state index in [1.165, 1.54) is 0 Å². The van der Waals surface area contributed by atoms with Crippen LogP contribution in [0.15, 0.2) is 97.2 Å². The van der Waals surface area contributed by atoms with Crippen molar-refractivity contribution in [1.29, 1.82) is 0 Å². The predicted molar refractivity (Wildman–Crippen MR) is 119 cm³/mol. The van der Waals surface area contributed by atoms with Gasteiger partial charge in [-0.2, -0.15) is 0 Å². The first-order valence-corrected chi connectivity index (χ1v) is 10.3. The van der Waals surface area contributed by atoms with Gasteiger partial charge in [0, 0.05) is 11.9 Å². The standard InChI is InChI=1S/C22H20N2OS2/c25-27(17-18-10-4-1-5-11-18)21(19-12-6-2-7-13-19)16-23-22(26)24-20-14-8-3-9-15-20/h1-16H,17H2,(H2,23,24,26)/b21-16+. The van der Waals surface area contributed by atoms with E-state index in [4.69, 9.17) is 12.2 Å². The molecular weight excluding hydrogens is 372 g/mol. The van der Waals surface area contributed by atoms with Crippen molar-refractivity contribution in [2.45, 2.75) is 5.75 Å². The summed E-state index contributed by atoms with van der Waals surface area (Å²) in [6.45, 7) is 0. The van der Waals surface area contributed by atoms with Crippen molar-refractivity contribution < 1.29 is 4.21 Å². The number of thiocarbonyl (C=S) groups is 1. The lowest BCUT2D eigenvalue weighted by atomic mass is 10.2. The predicted octanol–water partition coefficient (Wildman–Crippen LogP) is 4.92. The zero-order valence-electron chi connectivity index (χ0n) is 14.7.